The fourth-order valence-electron chi connectivity index (χ4n) is 6.04. The van der Waals surface area contributed by atoms with Gasteiger partial charge in [0, 0.05) is 27.7 Å². The predicted octanol–water partition coefficient (Wildman–Crippen LogP) is 12.1. The van der Waals surface area contributed by atoms with Gasteiger partial charge in [-0.15, -0.1) is 0 Å². The van der Waals surface area contributed by atoms with Crippen LogP contribution in [0.25, 0.3) is 55.3 Å². The van der Waals surface area contributed by atoms with Crippen molar-refractivity contribution in [3.8, 4) is 33.6 Å². The van der Waals surface area contributed by atoms with Gasteiger partial charge in [-0.25, -0.2) is 0 Å². The van der Waals surface area contributed by atoms with Crippen molar-refractivity contribution < 1.29 is 4.42 Å². The summed E-state index contributed by atoms with van der Waals surface area (Å²) in [5, 5.41) is 3.57. The number of furan rings is 1. The molecular formula is C42H29NO. The monoisotopic (exact) mass is 563 g/mol. The summed E-state index contributed by atoms with van der Waals surface area (Å²) in [6, 6.07) is 62.1. The molecule has 0 aliphatic heterocycles. The Morgan fingerprint density at radius 1 is 0.364 bits per heavy atom. The van der Waals surface area contributed by atoms with Crippen LogP contribution in [0.4, 0.5) is 17.1 Å². The van der Waals surface area contributed by atoms with E-state index in [1.165, 1.54) is 33.0 Å². The second-order valence-electron chi connectivity index (χ2n) is 11.0. The number of rotatable bonds is 6. The van der Waals surface area contributed by atoms with Crippen molar-refractivity contribution in [1.29, 1.82) is 0 Å². The van der Waals surface area contributed by atoms with Crippen LogP contribution in [0.5, 0.6) is 0 Å². The Balaban J connectivity index is 1.09. The molecule has 0 aliphatic carbocycles. The third-order valence-electron chi connectivity index (χ3n) is 8.27. The Labute approximate surface area is 257 Å². The molecule has 0 bridgehead atoms. The average Bonchev–Trinajstić information content (AvgIpc) is 3.54. The minimum Gasteiger partial charge on any atom is -0.456 e. The molecule has 0 atom stereocenters. The molecule has 0 spiro atoms. The molecule has 1 heterocycles. The summed E-state index contributed by atoms with van der Waals surface area (Å²) in [5.74, 6) is 0.887. The van der Waals surface area contributed by atoms with Crippen LogP contribution in [-0.4, -0.2) is 0 Å². The van der Waals surface area contributed by atoms with Gasteiger partial charge in [-0.05, 0) is 76.2 Å². The summed E-state index contributed by atoms with van der Waals surface area (Å²) in [5.41, 5.74) is 10.1. The molecule has 0 amide bonds. The maximum Gasteiger partial charge on any atom is 0.135 e. The van der Waals surface area contributed by atoms with E-state index < -0.39 is 0 Å². The molecule has 8 aromatic rings. The van der Waals surface area contributed by atoms with Crippen LogP contribution in [-0.2, 0) is 0 Å². The summed E-state index contributed by atoms with van der Waals surface area (Å²) in [7, 11) is 0. The van der Waals surface area contributed by atoms with Gasteiger partial charge in [0.15, 0.2) is 0 Å². The van der Waals surface area contributed by atoms with Crippen LogP contribution in [0.15, 0.2) is 180 Å². The largest absolute Gasteiger partial charge is 0.456 e. The van der Waals surface area contributed by atoms with Crippen molar-refractivity contribution in [2.45, 2.75) is 0 Å². The van der Waals surface area contributed by atoms with Crippen molar-refractivity contribution >= 4 is 38.8 Å². The zero-order chi connectivity index (χ0) is 29.3. The Morgan fingerprint density at radius 3 is 1.70 bits per heavy atom. The van der Waals surface area contributed by atoms with E-state index in [-0.39, 0.29) is 0 Å². The average molecular weight is 564 g/mol. The fraction of sp³-hybridized carbons (Fsp3) is 0. The van der Waals surface area contributed by atoms with E-state index in [1.54, 1.807) is 0 Å². The van der Waals surface area contributed by atoms with Crippen LogP contribution in [0.2, 0.25) is 0 Å². The molecule has 7 aromatic carbocycles. The molecule has 0 N–H and O–H groups in total. The number of hydrogen-bond donors (Lipinski definition) is 0. The molecule has 0 saturated heterocycles. The molecule has 0 fully saturated rings. The normalized spacial score (nSPS) is 11.2. The van der Waals surface area contributed by atoms with Crippen molar-refractivity contribution in [3.63, 3.8) is 0 Å². The lowest BCUT2D eigenvalue weighted by molar-refractivity contribution is 0.631. The van der Waals surface area contributed by atoms with Gasteiger partial charge in [0.1, 0.15) is 11.3 Å². The first-order valence-corrected chi connectivity index (χ1v) is 14.9. The van der Waals surface area contributed by atoms with Crippen LogP contribution in [0.1, 0.15) is 0 Å². The van der Waals surface area contributed by atoms with E-state index in [0.717, 1.165) is 39.4 Å². The van der Waals surface area contributed by atoms with E-state index in [0.29, 0.717) is 0 Å². The van der Waals surface area contributed by atoms with Gasteiger partial charge in [-0.2, -0.15) is 0 Å². The maximum absolute atomic E-state index is 6.12. The third-order valence-corrected chi connectivity index (χ3v) is 8.27. The first kappa shape index (κ1) is 25.8. The van der Waals surface area contributed by atoms with E-state index in [2.05, 4.69) is 163 Å². The van der Waals surface area contributed by atoms with Crippen LogP contribution >= 0.6 is 0 Å². The first-order chi connectivity index (χ1) is 21.8. The summed E-state index contributed by atoms with van der Waals surface area (Å²) < 4.78 is 6.12. The zero-order valence-electron chi connectivity index (χ0n) is 24.1. The Kier molecular flexibility index (Phi) is 6.51. The number of hydrogen-bond acceptors (Lipinski definition) is 2. The Hall–Kier alpha value is -5.86. The summed E-state index contributed by atoms with van der Waals surface area (Å²) in [6.45, 7) is 0. The lowest BCUT2D eigenvalue weighted by atomic mass is 9.98. The number of nitrogens with zero attached hydrogens (tertiary/aromatic N) is 1. The van der Waals surface area contributed by atoms with Gasteiger partial charge < -0.3 is 9.32 Å². The quantitative estimate of drug-likeness (QED) is 0.200. The topological polar surface area (TPSA) is 16.4 Å². The number of benzene rings is 7. The van der Waals surface area contributed by atoms with Crippen LogP contribution in [0.3, 0.4) is 0 Å². The molecule has 0 radical (unpaired) electrons. The van der Waals surface area contributed by atoms with Gasteiger partial charge in [0.2, 0.25) is 0 Å². The second-order valence-corrected chi connectivity index (χ2v) is 11.0. The molecule has 0 unspecified atom stereocenters. The Bertz CT molecular complexity index is 2170. The number of fused-ring (bicyclic) bond motifs is 2. The highest BCUT2D eigenvalue weighted by molar-refractivity contribution is 5.99. The van der Waals surface area contributed by atoms with E-state index in [1.807, 2.05) is 18.2 Å². The number of anilines is 3. The molecule has 1 aromatic heterocycles. The molecule has 208 valence electrons. The van der Waals surface area contributed by atoms with Gasteiger partial charge in [0.25, 0.3) is 0 Å². The van der Waals surface area contributed by atoms with E-state index in [9.17, 15) is 0 Å². The predicted molar refractivity (Wildman–Crippen MR) is 185 cm³/mol. The van der Waals surface area contributed by atoms with Crippen molar-refractivity contribution in [1.82, 2.24) is 0 Å². The molecule has 44 heavy (non-hydrogen) atoms. The molecule has 2 nitrogen and oxygen atoms in total. The molecule has 8 rings (SSSR count). The maximum atomic E-state index is 6.12. The van der Waals surface area contributed by atoms with Crippen molar-refractivity contribution in [2.24, 2.45) is 0 Å². The van der Waals surface area contributed by atoms with Crippen molar-refractivity contribution in [2.75, 3.05) is 4.90 Å². The van der Waals surface area contributed by atoms with Crippen LogP contribution < -0.4 is 4.90 Å². The molecule has 0 aliphatic rings. The first-order valence-electron chi connectivity index (χ1n) is 14.9. The summed E-state index contributed by atoms with van der Waals surface area (Å²) >= 11 is 0. The minimum absolute atomic E-state index is 0.887. The molecule has 2 heteroatoms. The lowest BCUT2D eigenvalue weighted by Gasteiger charge is -2.27. The third kappa shape index (κ3) is 4.83. The summed E-state index contributed by atoms with van der Waals surface area (Å²) in [4.78, 5) is 2.34. The molecular weight excluding hydrogens is 534 g/mol. The van der Waals surface area contributed by atoms with Gasteiger partial charge in [-0.3, -0.25) is 0 Å². The smallest absolute Gasteiger partial charge is 0.135 e. The highest BCUT2D eigenvalue weighted by Crippen LogP contribution is 2.39. The van der Waals surface area contributed by atoms with Crippen molar-refractivity contribution in [3.05, 3.63) is 176 Å². The highest BCUT2D eigenvalue weighted by atomic mass is 16.3. The van der Waals surface area contributed by atoms with E-state index >= 15 is 0 Å². The minimum atomic E-state index is 0.887. The highest BCUT2D eigenvalue weighted by Gasteiger charge is 2.15. The Morgan fingerprint density at radius 2 is 0.932 bits per heavy atom. The van der Waals surface area contributed by atoms with Gasteiger partial charge in [0.05, 0.1) is 5.69 Å². The SMILES string of the molecule is c1ccc(N(c2ccc(-c3ccc(-c4cccc(-c5cc6ccccc6o5)c4)cc3)cc2)c2cccc3ccccc23)cc1. The standard InChI is InChI=1S/C42H29NO/c1-2-15-37(16-3-1)43(40-18-9-12-33-10-4-6-17-39(33)40)38-26-24-31(25-27-38)30-20-22-32(23-21-30)34-13-8-14-35(28-34)42-29-36-11-5-7-19-41(36)44-42/h1-29H. The van der Waals surface area contributed by atoms with E-state index in [4.69, 9.17) is 4.42 Å². The summed E-state index contributed by atoms with van der Waals surface area (Å²) in [6.07, 6.45) is 0. The zero-order valence-corrected chi connectivity index (χ0v) is 24.1. The number of para-hydroxylation sites is 2. The second kappa shape index (κ2) is 11.1. The lowest BCUT2D eigenvalue weighted by Crippen LogP contribution is -2.10. The van der Waals surface area contributed by atoms with Gasteiger partial charge in [-0.1, -0.05) is 127 Å². The van der Waals surface area contributed by atoms with Crippen LogP contribution in [0, 0.1) is 0 Å². The molecule has 0 saturated carbocycles. The fourth-order valence-corrected chi connectivity index (χ4v) is 6.04. The van der Waals surface area contributed by atoms with Gasteiger partial charge >= 0.3 is 0 Å².